The third kappa shape index (κ3) is 1.81. The molecule has 4 saturated heterocycles. The van der Waals surface area contributed by atoms with Crippen molar-refractivity contribution < 1.29 is 24.0 Å². The number of rotatable bonds is 1. The van der Waals surface area contributed by atoms with Crippen molar-refractivity contribution >= 4 is 0 Å². The summed E-state index contributed by atoms with van der Waals surface area (Å²) in [6.07, 6.45) is 3.64. The normalized spacial score (nSPS) is 59.4. The lowest BCUT2D eigenvalue weighted by molar-refractivity contribution is -0.577. The van der Waals surface area contributed by atoms with E-state index in [-0.39, 0.29) is 12.2 Å². The molecule has 0 amide bonds. The molecule has 1 saturated carbocycles. The Hall–Kier alpha value is -0.200. The maximum Gasteiger partial charge on any atom is 0.201 e. The monoisotopic (exact) mass is 298 g/mol. The first-order valence-corrected chi connectivity index (χ1v) is 8.23. The molecule has 5 nitrogen and oxygen atoms in total. The smallest absolute Gasteiger partial charge is 0.201 e. The van der Waals surface area contributed by atoms with Gasteiger partial charge in [0.05, 0.1) is 0 Å². The molecule has 5 heteroatoms. The molecule has 0 aromatic carbocycles. The Labute approximate surface area is 126 Å². The quantitative estimate of drug-likeness (QED) is 0.697. The Morgan fingerprint density at radius 3 is 2.62 bits per heavy atom. The Balaban J connectivity index is 1.79. The van der Waals surface area contributed by atoms with Crippen LogP contribution in [0.25, 0.3) is 0 Å². The van der Waals surface area contributed by atoms with Crippen molar-refractivity contribution in [2.75, 3.05) is 7.11 Å². The van der Waals surface area contributed by atoms with Crippen LogP contribution in [0.4, 0.5) is 0 Å². The summed E-state index contributed by atoms with van der Waals surface area (Å²) in [4.78, 5) is 11.8. The van der Waals surface area contributed by atoms with Crippen LogP contribution >= 0.6 is 0 Å². The largest absolute Gasteiger partial charge is 0.355 e. The molecule has 2 bridgehead atoms. The summed E-state index contributed by atoms with van der Waals surface area (Å²) >= 11 is 0. The molecule has 5 fully saturated rings. The van der Waals surface area contributed by atoms with Gasteiger partial charge in [-0.25, -0.2) is 9.78 Å². The van der Waals surface area contributed by atoms with Crippen molar-refractivity contribution in [3.63, 3.8) is 0 Å². The molecule has 0 aromatic heterocycles. The van der Waals surface area contributed by atoms with Crippen LogP contribution in [0.2, 0.25) is 0 Å². The Bertz CT molecular complexity index is 429. The topological polar surface area (TPSA) is 46.2 Å². The average molecular weight is 298 g/mol. The first kappa shape index (κ1) is 14.4. The summed E-state index contributed by atoms with van der Waals surface area (Å²) in [7, 11) is 1.70. The van der Waals surface area contributed by atoms with Crippen LogP contribution in [-0.4, -0.2) is 31.1 Å². The highest BCUT2D eigenvalue weighted by Gasteiger charge is 2.69. The lowest BCUT2D eigenvalue weighted by Crippen LogP contribution is -2.70. The van der Waals surface area contributed by atoms with E-state index in [0.717, 1.165) is 19.3 Å². The van der Waals surface area contributed by atoms with Crippen molar-refractivity contribution in [2.24, 2.45) is 23.7 Å². The van der Waals surface area contributed by atoms with Gasteiger partial charge in [0.2, 0.25) is 5.79 Å². The fraction of sp³-hybridized carbons (Fsp3) is 1.00. The van der Waals surface area contributed by atoms with E-state index in [1.165, 1.54) is 6.42 Å². The molecule has 0 radical (unpaired) electrons. The van der Waals surface area contributed by atoms with E-state index in [4.69, 9.17) is 24.0 Å². The summed E-state index contributed by atoms with van der Waals surface area (Å²) in [5, 5.41) is 0. The number of methoxy groups -OCH3 is 1. The summed E-state index contributed by atoms with van der Waals surface area (Å²) in [6.45, 7) is 6.46. The second-order valence-corrected chi connectivity index (χ2v) is 7.51. The Kier molecular flexibility index (Phi) is 3.19. The van der Waals surface area contributed by atoms with Crippen LogP contribution in [-0.2, 0) is 24.0 Å². The number of hydrogen-bond donors (Lipinski definition) is 0. The molecule has 21 heavy (non-hydrogen) atoms. The molecule has 0 aromatic rings. The minimum atomic E-state index is -0.698. The van der Waals surface area contributed by atoms with Gasteiger partial charge < -0.3 is 14.2 Å². The van der Waals surface area contributed by atoms with Crippen LogP contribution in [0.15, 0.2) is 0 Å². The minimum Gasteiger partial charge on any atom is -0.355 e. The van der Waals surface area contributed by atoms with E-state index >= 15 is 0 Å². The van der Waals surface area contributed by atoms with Gasteiger partial charge in [0, 0.05) is 25.4 Å². The molecule has 0 unspecified atom stereocenters. The van der Waals surface area contributed by atoms with Gasteiger partial charge in [-0.3, -0.25) is 0 Å². The first-order chi connectivity index (χ1) is 10.00. The predicted molar refractivity (Wildman–Crippen MR) is 73.8 cm³/mol. The minimum absolute atomic E-state index is 0.230. The predicted octanol–water partition coefficient (Wildman–Crippen LogP) is 2.84. The SMILES string of the molecule is CO[C@H]1O[C@@H]2O[C@@]3(C)CC[C@@H]4[C@@H](C)CC[C@@H]([C@H]1C)[C@@]24OO3. The average Bonchev–Trinajstić information content (AvgIpc) is 2.69. The molecular weight excluding hydrogens is 272 g/mol. The van der Waals surface area contributed by atoms with Crippen LogP contribution in [0.1, 0.15) is 46.5 Å². The number of ether oxygens (including phenoxy) is 3. The molecule has 5 aliphatic rings. The van der Waals surface area contributed by atoms with Gasteiger partial charge in [-0.15, -0.1) is 0 Å². The van der Waals surface area contributed by atoms with Crippen LogP contribution in [0.3, 0.4) is 0 Å². The van der Waals surface area contributed by atoms with Crippen LogP contribution in [0.5, 0.6) is 0 Å². The molecular formula is C16H26O5. The molecule has 1 aliphatic carbocycles. The van der Waals surface area contributed by atoms with Gasteiger partial charge in [-0.05, 0) is 38.0 Å². The van der Waals surface area contributed by atoms with E-state index in [2.05, 4.69) is 13.8 Å². The zero-order chi connectivity index (χ0) is 14.8. The molecule has 4 aliphatic heterocycles. The highest BCUT2D eigenvalue weighted by atomic mass is 17.3. The lowest BCUT2D eigenvalue weighted by atomic mass is 9.58. The third-order valence-corrected chi connectivity index (χ3v) is 6.33. The molecule has 5 rings (SSSR count). The van der Waals surface area contributed by atoms with Crippen LogP contribution < -0.4 is 0 Å². The highest BCUT2D eigenvalue weighted by molar-refractivity contribution is 5.08. The second kappa shape index (κ2) is 4.65. The van der Waals surface area contributed by atoms with Crippen molar-refractivity contribution in [2.45, 2.75) is 70.4 Å². The summed E-state index contributed by atoms with van der Waals surface area (Å²) in [6, 6.07) is 0. The zero-order valence-electron chi connectivity index (χ0n) is 13.3. The number of fused-ring (bicyclic) bond motifs is 2. The first-order valence-electron chi connectivity index (χ1n) is 8.23. The van der Waals surface area contributed by atoms with Crippen molar-refractivity contribution in [3.8, 4) is 0 Å². The van der Waals surface area contributed by atoms with Gasteiger partial charge >= 0.3 is 0 Å². The van der Waals surface area contributed by atoms with Crippen molar-refractivity contribution in [1.29, 1.82) is 0 Å². The van der Waals surface area contributed by atoms with Gasteiger partial charge in [-0.1, -0.05) is 13.8 Å². The summed E-state index contributed by atoms with van der Waals surface area (Å²) in [5.74, 6) is 0.953. The fourth-order valence-corrected chi connectivity index (χ4v) is 5.14. The molecule has 1 spiro atoms. The molecule has 120 valence electrons. The summed E-state index contributed by atoms with van der Waals surface area (Å²) < 4.78 is 17.9. The highest BCUT2D eigenvalue weighted by Crippen LogP contribution is 2.60. The van der Waals surface area contributed by atoms with Crippen LogP contribution in [0, 0.1) is 23.7 Å². The standard InChI is InChI=1S/C16H26O5/c1-9-5-6-12-10(2)13(17-4)18-14-16(12)11(9)7-8-15(3,19-14)20-21-16/h9-14H,5-8H2,1-4H3/t9-,10+,11+,12-,13-,14+,15+,16+/m0/s1. The zero-order valence-corrected chi connectivity index (χ0v) is 13.3. The van der Waals surface area contributed by atoms with E-state index in [1.54, 1.807) is 7.11 Å². The molecule has 0 N–H and O–H groups in total. The Morgan fingerprint density at radius 1 is 1.05 bits per heavy atom. The van der Waals surface area contributed by atoms with Gasteiger partial charge in [-0.2, -0.15) is 0 Å². The van der Waals surface area contributed by atoms with Gasteiger partial charge in [0.15, 0.2) is 18.2 Å². The van der Waals surface area contributed by atoms with E-state index in [1.807, 2.05) is 6.92 Å². The second-order valence-electron chi connectivity index (χ2n) is 7.51. The maximum absolute atomic E-state index is 6.21. The van der Waals surface area contributed by atoms with E-state index < -0.39 is 17.7 Å². The van der Waals surface area contributed by atoms with Gasteiger partial charge in [0.25, 0.3) is 0 Å². The van der Waals surface area contributed by atoms with Crippen molar-refractivity contribution in [3.05, 3.63) is 0 Å². The van der Waals surface area contributed by atoms with E-state index in [0.29, 0.717) is 17.8 Å². The lowest BCUT2D eigenvalue weighted by Gasteiger charge is -2.60. The molecule has 4 heterocycles. The summed E-state index contributed by atoms with van der Waals surface area (Å²) in [5.41, 5.74) is -0.470. The van der Waals surface area contributed by atoms with E-state index in [9.17, 15) is 0 Å². The third-order valence-electron chi connectivity index (χ3n) is 6.33. The molecule has 8 atom stereocenters. The van der Waals surface area contributed by atoms with Gasteiger partial charge in [0.1, 0.15) is 0 Å². The Morgan fingerprint density at radius 2 is 1.86 bits per heavy atom. The van der Waals surface area contributed by atoms with Crippen molar-refractivity contribution in [1.82, 2.24) is 0 Å². The number of hydrogen-bond acceptors (Lipinski definition) is 5. The fourth-order valence-electron chi connectivity index (χ4n) is 5.14. The maximum atomic E-state index is 6.21.